The average molecular weight is 523 g/mol. The van der Waals surface area contributed by atoms with E-state index in [1.165, 1.54) is 12.2 Å². The molecule has 1 aromatic carbocycles. The maximum absolute atomic E-state index is 12.2. The molecule has 1 heterocycles. The molecule has 1 aliphatic rings. The van der Waals surface area contributed by atoms with Crippen molar-refractivity contribution in [3.05, 3.63) is 42.0 Å². The van der Waals surface area contributed by atoms with Gasteiger partial charge in [-0.1, -0.05) is 6.92 Å². The number of nitrogens with one attached hydrogen (secondary N) is 1. The van der Waals surface area contributed by atoms with E-state index in [9.17, 15) is 14.4 Å². The Balaban J connectivity index is 1.35. The molecule has 1 aliphatic heterocycles. The number of hydrogen-bond acceptors (Lipinski definition) is 9. The van der Waals surface area contributed by atoms with Crippen LogP contribution >= 0.6 is 0 Å². The van der Waals surface area contributed by atoms with Gasteiger partial charge in [-0.05, 0) is 30.7 Å². The first-order valence-electron chi connectivity index (χ1n) is 12.5. The van der Waals surface area contributed by atoms with Gasteiger partial charge in [0.15, 0.2) is 0 Å². The van der Waals surface area contributed by atoms with Crippen molar-refractivity contribution in [3.8, 4) is 0 Å². The SMILES string of the molecule is CCCOCCOCCOCCOCCOCCOCCNC(=O)c1ccc(N2C(=O)C=CC2=O)cc1. The summed E-state index contributed by atoms with van der Waals surface area (Å²) in [6, 6.07) is 6.25. The van der Waals surface area contributed by atoms with Crippen molar-refractivity contribution >= 4 is 23.4 Å². The van der Waals surface area contributed by atoms with Crippen molar-refractivity contribution in [1.29, 1.82) is 0 Å². The van der Waals surface area contributed by atoms with Crippen LogP contribution in [0.25, 0.3) is 0 Å². The van der Waals surface area contributed by atoms with E-state index in [-0.39, 0.29) is 5.91 Å². The lowest BCUT2D eigenvalue weighted by Gasteiger charge is -2.14. The first kappa shape index (κ1) is 30.6. The molecule has 0 saturated carbocycles. The molecule has 0 aromatic heterocycles. The van der Waals surface area contributed by atoms with Crippen molar-refractivity contribution in [3.63, 3.8) is 0 Å². The molecule has 3 amide bonds. The summed E-state index contributed by atoms with van der Waals surface area (Å²) >= 11 is 0. The second-order valence-corrected chi connectivity index (χ2v) is 7.82. The number of ether oxygens (including phenoxy) is 6. The molecule has 0 spiro atoms. The molecule has 11 heteroatoms. The Kier molecular flexibility index (Phi) is 16.1. The van der Waals surface area contributed by atoms with Gasteiger partial charge in [0, 0.05) is 30.9 Å². The molecule has 0 fully saturated rings. The largest absolute Gasteiger partial charge is 0.379 e. The minimum absolute atomic E-state index is 0.269. The first-order chi connectivity index (χ1) is 18.1. The smallest absolute Gasteiger partial charge is 0.258 e. The third kappa shape index (κ3) is 12.9. The zero-order valence-corrected chi connectivity index (χ0v) is 21.5. The van der Waals surface area contributed by atoms with Crippen LogP contribution in [0.1, 0.15) is 23.7 Å². The summed E-state index contributed by atoms with van der Waals surface area (Å²) < 4.78 is 32.4. The molecule has 0 bridgehead atoms. The molecule has 0 unspecified atom stereocenters. The highest BCUT2D eigenvalue weighted by Crippen LogP contribution is 2.19. The number of amides is 3. The van der Waals surface area contributed by atoms with Crippen LogP contribution in [0, 0.1) is 0 Å². The normalized spacial score (nSPS) is 13.1. The lowest BCUT2D eigenvalue weighted by molar-refractivity contribution is -0.119. The molecular formula is C26H38N2O9. The zero-order chi connectivity index (χ0) is 26.6. The van der Waals surface area contributed by atoms with Crippen molar-refractivity contribution in [2.45, 2.75) is 13.3 Å². The standard InChI is InChI=1S/C26H38N2O9/c1-2-10-32-12-14-34-16-18-36-20-21-37-19-17-35-15-13-33-11-9-27-26(31)22-3-5-23(6-4-22)28-24(29)7-8-25(28)30/h3-8H,2,9-21H2,1H3,(H,27,31). The molecule has 206 valence electrons. The number of carbonyl (C=O) groups is 3. The molecule has 0 saturated heterocycles. The summed E-state index contributed by atoms with van der Waals surface area (Å²) in [6.07, 6.45) is 3.44. The molecule has 2 rings (SSSR count). The average Bonchev–Trinajstić information content (AvgIpc) is 3.25. The Morgan fingerprint density at radius 1 is 0.649 bits per heavy atom. The topological polar surface area (TPSA) is 122 Å². The fraction of sp³-hybridized carbons (Fsp3) is 0.577. The van der Waals surface area contributed by atoms with Gasteiger partial charge in [-0.2, -0.15) is 0 Å². The Hall–Kier alpha value is -2.67. The number of hydrogen-bond donors (Lipinski definition) is 1. The molecule has 0 radical (unpaired) electrons. The summed E-state index contributed by atoms with van der Waals surface area (Å²) in [5.74, 6) is -1.07. The minimum Gasteiger partial charge on any atom is -0.379 e. The monoisotopic (exact) mass is 522 g/mol. The van der Waals surface area contributed by atoms with Crippen LogP contribution in [0.5, 0.6) is 0 Å². The van der Waals surface area contributed by atoms with Gasteiger partial charge < -0.3 is 33.7 Å². The lowest BCUT2D eigenvalue weighted by Crippen LogP contribution is -2.30. The van der Waals surface area contributed by atoms with Crippen molar-refractivity contribution in [2.24, 2.45) is 0 Å². The highest BCUT2D eigenvalue weighted by molar-refractivity contribution is 6.28. The Morgan fingerprint density at radius 3 is 1.49 bits per heavy atom. The first-order valence-corrected chi connectivity index (χ1v) is 12.5. The van der Waals surface area contributed by atoms with Crippen LogP contribution < -0.4 is 10.2 Å². The quantitative estimate of drug-likeness (QED) is 0.178. The summed E-state index contributed by atoms with van der Waals surface area (Å²) in [5.41, 5.74) is 0.842. The highest BCUT2D eigenvalue weighted by atomic mass is 16.6. The number of rotatable bonds is 22. The second-order valence-electron chi connectivity index (χ2n) is 7.82. The molecule has 11 nitrogen and oxygen atoms in total. The van der Waals surface area contributed by atoms with Crippen LogP contribution in [0.3, 0.4) is 0 Å². The van der Waals surface area contributed by atoms with Crippen LogP contribution in [0.4, 0.5) is 5.69 Å². The molecule has 1 aromatic rings. The van der Waals surface area contributed by atoms with Gasteiger partial charge in [0.05, 0.1) is 78.4 Å². The van der Waals surface area contributed by atoms with E-state index in [1.807, 2.05) is 0 Å². The summed E-state index contributed by atoms with van der Waals surface area (Å²) in [5, 5.41) is 2.75. The third-order valence-electron chi connectivity index (χ3n) is 4.94. The zero-order valence-electron chi connectivity index (χ0n) is 21.5. The predicted molar refractivity (Wildman–Crippen MR) is 136 cm³/mol. The maximum atomic E-state index is 12.2. The number of carbonyl (C=O) groups excluding carboxylic acids is 3. The lowest BCUT2D eigenvalue weighted by atomic mass is 10.2. The van der Waals surface area contributed by atoms with Crippen molar-refractivity contribution in [1.82, 2.24) is 5.32 Å². The maximum Gasteiger partial charge on any atom is 0.258 e. The third-order valence-corrected chi connectivity index (χ3v) is 4.94. The highest BCUT2D eigenvalue weighted by Gasteiger charge is 2.25. The van der Waals surface area contributed by atoms with E-state index in [0.29, 0.717) is 90.5 Å². The van der Waals surface area contributed by atoms with Gasteiger partial charge in [0.2, 0.25) is 0 Å². The van der Waals surface area contributed by atoms with Gasteiger partial charge in [0.1, 0.15) is 0 Å². The van der Waals surface area contributed by atoms with Gasteiger partial charge in [-0.15, -0.1) is 0 Å². The van der Waals surface area contributed by atoms with E-state index < -0.39 is 11.8 Å². The summed E-state index contributed by atoms with van der Waals surface area (Å²) in [4.78, 5) is 36.7. The van der Waals surface area contributed by atoms with E-state index in [1.54, 1.807) is 24.3 Å². The van der Waals surface area contributed by atoms with Crippen LogP contribution in [-0.2, 0) is 38.0 Å². The van der Waals surface area contributed by atoms with E-state index in [4.69, 9.17) is 28.4 Å². The molecule has 0 atom stereocenters. The Morgan fingerprint density at radius 2 is 1.05 bits per heavy atom. The fourth-order valence-corrected chi connectivity index (χ4v) is 3.10. The van der Waals surface area contributed by atoms with Gasteiger partial charge in [-0.25, -0.2) is 4.90 Å². The second kappa shape index (κ2) is 19.4. The number of anilines is 1. The summed E-state index contributed by atoms with van der Waals surface area (Å²) in [7, 11) is 0. The Labute approximate surface area is 218 Å². The van der Waals surface area contributed by atoms with Crippen LogP contribution in [0.2, 0.25) is 0 Å². The molecule has 0 aliphatic carbocycles. The van der Waals surface area contributed by atoms with E-state index in [0.717, 1.165) is 17.9 Å². The van der Waals surface area contributed by atoms with Gasteiger partial charge >= 0.3 is 0 Å². The molecular weight excluding hydrogens is 484 g/mol. The van der Waals surface area contributed by atoms with Crippen molar-refractivity contribution < 1.29 is 42.8 Å². The molecule has 37 heavy (non-hydrogen) atoms. The Bertz CT molecular complexity index is 812. The van der Waals surface area contributed by atoms with Gasteiger partial charge in [-0.3, -0.25) is 14.4 Å². The number of benzene rings is 1. The van der Waals surface area contributed by atoms with Crippen LogP contribution in [-0.4, -0.2) is 104 Å². The molecule has 1 N–H and O–H groups in total. The van der Waals surface area contributed by atoms with E-state index in [2.05, 4.69) is 12.2 Å². The minimum atomic E-state index is -0.400. The number of imide groups is 1. The van der Waals surface area contributed by atoms with Crippen LogP contribution in [0.15, 0.2) is 36.4 Å². The number of nitrogens with zero attached hydrogens (tertiary/aromatic N) is 1. The van der Waals surface area contributed by atoms with Gasteiger partial charge in [0.25, 0.3) is 17.7 Å². The summed E-state index contributed by atoms with van der Waals surface area (Å²) in [6.45, 7) is 8.55. The van der Waals surface area contributed by atoms with Crippen molar-refractivity contribution in [2.75, 3.05) is 90.7 Å². The fourth-order valence-electron chi connectivity index (χ4n) is 3.10. The van der Waals surface area contributed by atoms with E-state index >= 15 is 0 Å². The predicted octanol–water partition coefficient (Wildman–Crippen LogP) is 1.36.